The van der Waals surface area contributed by atoms with Gasteiger partial charge in [0.1, 0.15) is 0 Å². The monoisotopic (exact) mass is 411 g/mol. The number of sulfonamides is 1. The first-order chi connectivity index (χ1) is 13.9. The molecule has 2 aromatic carbocycles. The minimum atomic E-state index is -3.56. The molecule has 0 spiro atoms. The molecule has 1 atom stereocenters. The molecular weight excluding hydrogens is 386 g/mol. The second-order valence-electron chi connectivity index (χ2n) is 7.48. The largest absolute Gasteiger partial charge is 0.325 e. The van der Waals surface area contributed by atoms with Gasteiger partial charge in [-0.3, -0.25) is 9.69 Å². The van der Waals surface area contributed by atoms with Crippen molar-refractivity contribution in [2.24, 2.45) is 0 Å². The molecule has 7 heteroatoms. The molecule has 1 N–H and O–H groups in total. The lowest BCUT2D eigenvalue weighted by Crippen LogP contribution is -2.48. The summed E-state index contributed by atoms with van der Waals surface area (Å²) in [6, 6.07) is 15.0. The summed E-state index contributed by atoms with van der Waals surface area (Å²) in [5.41, 5.74) is 2.62. The summed E-state index contributed by atoms with van der Waals surface area (Å²) < 4.78 is 27.7. The molecule has 0 aromatic heterocycles. The van der Waals surface area contributed by atoms with E-state index < -0.39 is 10.0 Å². The van der Waals surface area contributed by atoms with Crippen LogP contribution >= 0.6 is 0 Å². The Morgan fingerprint density at radius 3 is 2.52 bits per heavy atom. The molecule has 0 unspecified atom stereocenters. The molecule has 2 heterocycles. The lowest BCUT2D eigenvalue weighted by atomic mass is 10.0. The summed E-state index contributed by atoms with van der Waals surface area (Å²) in [6.07, 6.45) is 4.20. The second-order valence-corrected chi connectivity index (χ2v) is 9.42. The maximum absolute atomic E-state index is 13.1. The molecule has 2 aliphatic rings. The fourth-order valence-corrected chi connectivity index (χ4v) is 5.22. The van der Waals surface area contributed by atoms with Gasteiger partial charge in [-0.1, -0.05) is 42.5 Å². The minimum Gasteiger partial charge on any atom is -0.325 e. The Hall–Kier alpha value is -2.48. The van der Waals surface area contributed by atoms with E-state index in [1.54, 1.807) is 29.4 Å². The number of rotatable bonds is 5. The highest BCUT2D eigenvalue weighted by Gasteiger charge is 2.32. The summed E-state index contributed by atoms with van der Waals surface area (Å²) in [5.74, 6) is -0.417. The molecule has 1 fully saturated rings. The van der Waals surface area contributed by atoms with Crippen molar-refractivity contribution in [1.82, 2.24) is 9.21 Å². The molecule has 0 radical (unpaired) electrons. The number of amides is 1. The molecule has 2 aliphatic heterocycles. The number of benzene rings is 2. The van der Waals surface area contributed by atoms with Crippen LogP contribution in [-0.2, 0) is 14.8 Å². The molecule has 0 saturated carbocycles. The van der Waals surface area contributed by atoms with Crippen LogP contribution in [0, 0.1) is 0 Å². The van der Waals surface area contributed by atoms with Crippen LogP contribution in [0.15, 0.2) is 59.5 Å². The van der Waals surface area contributed by atoms with Crippen LogP contribution in [0.1, 0.15) is 24.0 Å². The van der Waals surface area contributed by atoms with Crippen LogP contribution in [0.4, 0.5) is 5.69 Å². The van der Waals surface area contributed by atoms with Crippen LogP contribution in [-0.4, -0.2) is 56.3 Å². The third-order valence-electron chi connectivity index (χ3n) is 5.58. The predicted octanol–water partition coefficient (Wildman–Crippen LogP) is 2.76. The average Bonchev–Trinajstić information content (AvgIpc) is 3.02. The number of hydrogen-bond acceptors (Lipinski definition) is 4. The molecule has 4 rings (SSSR count). The first-order valence-corrected chi connectivity index (χ1v) is 11.3. The first kappa shape index (κ1) is 19.8. The first-order valence-electron chi connectivity index (χ1n) is 9.84. The lowest BCUT2D eigenvalue weighted by Gasteiger charge is -2.33. The van der Waals surface area contributed by atoms with Crippen LogP contribution in [0.2, 0.25) is 0 Å². The van der Waals surface area contributed by atoms with Gasteiger partial charge >= 0.3 is 0 Å². The standard InChI is InChI=1S/C22H25N3O3S/c1-17-20-16-19(9-10-21(20)23-22(17)26)29(27,28)25-14-12-24(13-15-25)11-5-8-18-6-3-2-4-7-18/h2-10,16-17H,11-15H2,1H3,(H,23,26)/b8-5+/t17-/m0/s1. The van der Waals surface area contributed by atoms with Gasteiger partial charge in [0.15, 0.2) is 0 Å². The fraction of sp³-hybridized carbons (Fsp3) is 0.318. The van der Waals surface area contributed by atoms with Gasteiger partial charge in [0.25, 0.3) is 0 Å². The van der Waals surface area contributed by atoms with E-state index in [4.69, 9.17) is 0 Å². The second kappa shape index (κ2) is 8.10. The number of fused-ring (bicyclic) bond motifs is 1. The SMILES string of the molecule is C[C@@H]1C(=O)Nc2ccc(S(=O)(=O)N3CCN(C/C=C/c4ccccc4)CC3)cc21. The van der Waals surface area contributed by atoms with Crippen LogP contribution in [0.25, 0.3) is 6.08 Å². The fourth-order valence-electron chi connectivity index (χ4n) is 3.76. The van der Waals surface area contributed by atoms with Gasteiger partial charge in [-0.2, -0.15) is 4.31 Å². The zero-order valence-corrected chi connectivity index (χ0v) is 17.2. The number of nitrogens with zero attached hydrogens (tertiary/aromatic N) is 2. The van der Waals surface area contributed by atoms with Crippen molar-refractivity contribution >= 4 is 27.7 Å². The highest BCUT2D eigenvalue weighted by molar-refractivity contribution is 7.89. The van der Waals surface area contributed by atoms with Gasteiger partial charge in [-0.05, 0) is 36.2 Å². The normalized spacial score (nSPS) is 20.7. The van der Waals surface area contributed by atoms with Gasteiger partial charge in [0, 0.05) is 38.4 Å². The van der Waals surface area contributed by atoms with Gasteiger partial charge in [-0.15, -0.1) is 0 Å². The predicted molar refractivity (Wildman–Crippen MR) is 114 cm³/mol. The average molecular weight is 412 g/mol. The molecule has 0 bridgehead atoms. The van der Waals surface area contributed by atoms with Gasteiger partial charge < -0.3 is 5.32 Å². The van der Waals surface area contributed by atoms with Gasteiger partial charge in [-0.25, -0.2) is 8.42 Å². The van der Waals surface area contributed by atoms with Crippen LogP contribution in [0.3, 0.4) is 0 Å². The van der Waals surface area contributed by atoms with Crippen molar-refractivity contribution in [2.45, 2.75) is 17.7 Å². The molecular formula is C22H25N3O3S. The molecule has 29 heavy (non-hydrogen) atoms. The Kier molecular flexibility index (Phi) is 5.54. The van der Waals surface area contributed by atoms with E-state index in [-0.39, 0.29) is 16.7 Å². The van der Waals surface area contributed by atoms with Crippen LogP contribution in [0.5, 0.6) is 0 Å². The molecule has 152 valence electrons. The summed E-state index contributed by atoms with van der Waals surface area (Å²) >= 11 is 0. The molecule has 2 aromatic rings. The van der Waals surface area contributed by atoms with E-state index in [0.717, 1.165) is 17.7 Å². The van der Waals surface area contributed by atoms with Crippen molar-refractivity contribution in [1.29, 1.82) is 0 Å². The summed E-state index contributed by atoms with van der Waals surface area (Å²) in [4.78, 5) is 14.3. The molecule has 1 saturated heterocycles. The highest BCUT2D eigenvalue weighted by Crippen LogP contribution is 2.34. The number of carbonyl (C=O) groups excluding carboxylic acids is 1. The Morgan fingerprint density at radius 1 is 1.07 bits per heavy atom. The van der Waals surface area contributed by atoms with Gasteiger partial charge in [0.05, 0.1) is 10.8 Å². The molecule has 6 nitrogen and oxygen atoms in total. The number of carbonyl (C=O) groups is 1. The maximum Gasteiger partial charge on any atom is 0.243 e. The zero-order chi connectivity index (χ0) is 20.4. The minimum absolute atomic E-state index is 0.0910. The van der Waals surface area contributed by atoms with E-state index in [1.807, 2.05) is 18.2 Å². The van der Waals surface area contributed by atoms with E-state index in [2.05, 4.69) is 34.5 Å². The van der Waals surface area contributed by atoms with Gasteiger partial charge in [0.2, 0.25) is 15.9 Å². The Morgan fingerprint density at radius 2 is 1.79 bits per heavy atom. The topological polar surface area (TPSA) is 69.7 Å². The van der Waals surface area contributed by atoms with Crippen molar-refractivity contribution in [3.8, 4) is 0 Å². The smallest absolute Gasteiger partial charge is 0.243 e. The lowest BCUT2D eigenvalue weighted by molar-refractivity contribution is -0.116. The van der Waals surface area contributed by atoms with E-state index >= 15 is 0 Å². The Balaban J connectivity index is 1.38. The van der Waals surface area contributed by atoms with Crippen molar-refractivity contribution < 1.29 is 13.2 Å². The Bertz CT molecular complexity index is 1030. The molecule has 0 aliphatic carbocycles. The third-order valence-corrected chi connectivity index (χ3v) is 7.48. The quantitative estimate of drug-likeness (QED) is 0.821. The maximum atomic E-state index is 13.1. The number of nitrogens with one attached hydrogen (secondary N) is 1. The van der Waals surface area contributed by atoms with Crippen molar-refractivity contribution in [3.63, 3.8) is 0 Å². The third kappa shape index (κ3) is 4.12. The van der Waals surface area contributed by atoms with Crippen molar-refractivity contribution in [2.75, 3.05) is 38.0 Å². The number of hydrogen-bond donors (Lipinski definition) is 1. The Labute approximate surface area is 171 Å². The van der Waals surface area contributed by atoms with E-state index in [1.165, 1.54) is 0 Å². The van der Waals surface area contributed by atoms with Crippen LogP contribution < -0.4 is 5.32 Å². The number of piperazine rings is 1. The summed E-state index contributed by atoms with van der Waals surface area (Å²) in [5, 5.41) is 2.78. The van der Waals surface area contributed by atoms with E-state index in [0.29, 0.717) is 31.9 Å². The van der Waals surface area contributed by atoms with E-state index in [9.17, 15) is 13.2 Å². The van der Waals surface area contributed by atoms with Crippen molar-refractivity contribution in [3.05, 3.63) is 65.7 Å². The highest BCUT2D eigenvalue weighted by atomic mass is 32.2. The number of anilines is 1. The molecule has 1 amide bonds. The summed E-state index contributed by atoms with van der Waals surface area (Å²) in [7, 11) is -3.56. The zero-order valence-electron chi connectivity index (χ0n) is 16.4. The summed E-state index contributed by atoms with van der Waals surface area (Å²) in [6.45, 7) is 4.91.